The quantitative estimate of drug-likeness (QED) is 0.796. The van der Waals surface area contributed by atoms with Crippen LogP contribution in [-0.4, -0.2) is 11.1 Å². The molecule has 1 aromatic heterocycles. The maximum Gasteiger partial charge on any atom is 0.371 e. The summed E-state index contributed by atoms with van der Waals surface area (Å²) in [6.07, 6.45) is 0.566. The third-order valence-corrected chi connectivity index (χ3v) is 1.64. The molecule has 0 atom stereocenters. The zero-order chi connectivity index (χ0) is 10.7. The highest BCUT2D eigenvalue weighted by atomic mass is 16.4. The second-order valence-electron chi connectivity index (χ2n) is 3.53. The predicted molar refractivity (Wildman–Crippen MR) is 50.5 cm³/mol. The van der Waals surface area contributed by atoms with E-state index in [0.717, 1.165) is 6.07 Å². The molecule has 0 saturated heterocycles. The molecule has 4 heteroatoms. The normalized spacial score (nSPS) is 10.5. The second kappa shape index (κ2) is 4.09. The van der Waals surface area contributed by atoms with Gasteiger partial charge >= 0.3 is 5.97 Å². The van der Waals surface area contributed by atoms with Crippen molar-refractivity contribution in [2.45, 2.75) is 20.3 Å². The highest BCUT2D eigenvalue weighted by molar-refractivity contribution is 5.84. The lowest BCUT2D eigenvalue weighted by Gasteiger charge is -2.03. The van der Waals surface area contributed by atoms with Crippen LogP contribution in [0.2, 0.25) is 0 Å². The Morgan fingerprint density at radius 3 is 2.64 bits per heavy atom. The van der Waals surface area contributed by atoms with E-state index < -0.39 is 5.97 Å². The lowest BCUT2D eigenvalue weighted by molar-refractivity contribution is 0.0656. The van der Waals surface area contributed by atoms with Crippen LogP contribution >= 0.6 is 0 Å². The van der Waals surface area contributed by atoms with E-state index in [1.807, 2.05) is 13.8 Å². The van der Waals surface area contributed by atoms with Crippen molar-refractivity contribution in [1.29, 1.82) is 0 Å². The summed E-state index contributed by atoms with van der Waals surface area (Å²) in [5, 5.41) is 8.64. The van der Waals surface area contributed by atoms with Crippen LogP contribution in [0.5, 0.6) is 0 Å². The first-order valence-corrected chi connectivity index (χ1v) is 4.36. The largest absolute Gasteiger partial charge is 0.475 e. The maximum atomic E-state index is 11.1. The molecule has 0 aliphatic rings. The number of hydrogen-bond donors (Lipinski definition) is 1. The van der Waals surface area contributed by atoms with Gasteiger partial charge in [0.15, 0.2) is 5.43 Å². The van der Waals surface area contributed by atoms with E-state index in [2.05, 4.69) is 0 Å². The molecule has 0 aromatic carbocycles. The molecule has 0 aliphatic heterocycles. The summed E-state index contributed by atoms with van der Waals surface area (Å²) < 4.78 is 5.03. The molecular weight excluding hydrogens is 184 g/mol. The standard InChI is InChI=1S/C10H12O4/c1-6(2)3-8-4-7(11)5-9(14-8)10(12)13/h4-6H,3H2,1-2H3,(H,12,13). The Labute approximate surface area is 81.2 Å². The molecule has 76 valence electrons. The van der Waals surface area contributed by atoms with Gasteiger partial charge in [-0.3, -0.25) is 4.79 Å². The molecule has 1 N–H and O–H groups in total. The van der Waals surface area contributed by atoms with E-state index in [1.165, 1.54) is 6.07 Å². The van der Waals surface area contributed by atoms with Gasteiger partial charge in [0.2, 0.25) is 5.76 Å². The summed E-state index contributed by atoms with van der Waals surface area (Å²) >= 11 is 0. The number of aromatic carboxylic acids is 1. The maximum absolute atomic E-state index is 11.1. The van der Waals surface area contributed by atoms with Crippen LogP contribution in [0.4, 0.5) is 0 Å². The van der Waals surface area contributed by atoms with Crippen molar-refractivity contribution in [1.82, 2.24) is 0 Å². The number of carbonyl (C=O) groups is 1. The van der Waals surface area contributed by atoms with E-state index >= 15 is 0 Å². The molecule has 1 aromatic rings. The van der Waals surface area contributed by atoms with Crippen molar-refractivity contribution in [3.05, 3.63) is 33.9 Å². The Bertz CT molecular complexity index is 389. The van der Waals surface area contributed by atoms with Crippen LogP contribution in [-0.2, 0) is 6.42 Å². The highest BCUT2D eigenvalue weighted by Gasteiger charge is 2.09. The van der Waals surface area contributed by atoms with Gasteiger partial charge in [0.1, 0.15) is 5.76 Å². The molecule has 0 aliphatic carbocycles. The van der Waals surface area contributed by atoms with Crippen molar-refractivity contribution in [3.8, 4) is 0 Å². The summed E-state index contributed by atoms with van der Waals surface area (Å²) in [6.45, 7) is 3.93. The minimum Gasteiger partial charge on any atom is -0.475 e. The summed E-state index contributed by atoms with van der Waals surface area (Å²) in [5.41, 5.74) is -0.329. The Hall–Kier alpha value is -1.58. The molecule has 0 amide bonds. The average molecular weight is 196 g/mol. The van der Waals surface area contributed by atoms with Crippen molar-refractivity contribution < 1.29 is 14.3 Å². The number of carboxylic acids is 1. The van der Waals surface area contributed by atoms with Gasteiger partial charge in [-0.2, -0.15) is 0 Å². The topological polar surface area (TPSA) is 67.5 Å². The summed E-state index contributed by atoms with van der Waals surface area (Å²) in [7, 11) is 0. The first kappa shape index (κ1) is 10.5. The summed E-state index contributed by atoms with van der Waals surface area (Å²) in [5.74, 6) is -0.770. The predicted octanol–water partition coefficient (Wildman–Crippen LogP) is 1.54. The van der Waals surface area contributed by atoms with Gasteiger partial charge < -0.3 is 9.52 Å². The van der Waals surface area contributed by atoms with E-state index in [9.17, 15) is 9.59 Å². The zero-order valence-electron chi connectivity index (χ0n) is 8.11. The SMILES string of the molecule is CC(C)Cc1cc(=O)cc(C(=O)O)o1. The molecule has 4 nitrogen and oxygen atoms in total. The monoisotopic (exact) mass is 196 g/mol. The first-order valence-electron chi connectivity index (χ1n) is 4.36. The van der Waals surface area contributed by atoms with Gasteiger partial charge in [-0.1, -0.05) is 13.8 Å². The Balaban J connectivity index is 3.07. The van der Waals surface area contributed by atoms with Gasteiger partial charge in [-0.05, 0) is 5.92 Å². The zero-order valence-corrected chi connectivity index (χ0v) is 8.11. The van der Waals surface area contributed by atoms with E-state index in [4.69, 9.17) is 9.52 Å². The molecule has 0 bridgehead atoms. The third-order valence-electron chi connectivity index (χ3n) is 1.64. The average Bonchev–Trinajstić information content (AvgIpc) is 2.01. The molecule has 0 unspecified atom stereocenters. The molecule has 0 fully saturated rings. The summed E-state index contributed by atoms with van der Waals surface area (Å²) in [4.78, 5) is 21.6. The first-order chi connectivity index (χ1) is 6.49. The summed E-state index contributed by atoms with van der Waals surface area (Å²) in [6, 6.07) is 2.30. The number of carboxylic acid groups (broad SMARTS) is 1. The van der Waals surface area contributed by atoms with Crippen LogP contribution in [0, 0.1) is 5.92 Å². The lowest BCUT2D eigenvalue weighted by atomic mass is 10.1. The van der Waals surface area contributed by atoms with E-state index in [1.54, 1.807) is 0 Å². The van der Waals surface area contributed by atoms with Crippen molar-refractivity contribution >= 4 is 5.97 Å². The van der Waals surface area contributed by atoms with Gasteiger partial charge in [-0.15, -0.1) is 0 Å². The molecule has 0 radical (unpaired) electrons. The smallest absolute Gasteiger partial charge is 0.371 e. The molecular formula is C10H12O4. The fourth-order valence-corrected chi connectivity index (χ4v) is 1.14. The molecule has 1 heterocycles. The second-order valence-corrected chi connectivity index (χ2v) is 3.53. The molecule has 0 saturated carbocycles. The van der Waals surface area contributed by atoms with Crippen molar-refractivity contribution in [2.24, 2.45) is 5.92 Å². The van der Waals surface area contributed by atoms with Crippen LogP contribution in [0.15, 0.2) is 21.3 Å². The number of rotatable bonds is 3. The molecule has 0 spiro atoms. The minimum absolute atomic E-state index is 0.298. The van der Waals surface area contributed by atoms with Crippen molar-refractivity contribution in [3.63, 3.8) is 0 Å². The Morgan fingerprint density at radius 2 is 2.14 bits per heavy atom. The van der Waals surface area contributed by atoms with Gasteiger partial charge in [0.25, 0.3) is 0 Å². The number of hydrogen-bond acceptors (Lipinski definition) is 3. The van der Waals surface area contributed by atoms with Crippen molar-refractivity contribution in [2.75, 3.05) is 0 Å². The lowest BCUT2D eigenvalue weighted by Crippen LogP contribution is -2.08. The van der Waals surface area contributed by atoms with E-state index in [0.29, 0.717) is 18.1 Å². The van der Waals surface area contributed by atoms with Crippen LogP contribution in [0.1, 0.15) is 30.2 Å². The van der Waals surface area contributed by atoms with Crippen LogP contribution in [0.25, 0.3) is 0 Å². The molecule has 1 rings (SSSR count). The molecule has 14 heavy (non-hydrogen) atoms. The fraction of sp³-hybridized carbons (Fsp3) is 0.400. The Morgan fingerprint density at radius 1 is 1.50 bits per heavy atom. The van der Waals surface area contributed by atoms with E-state index in [-0.39, 0.29) is 11.2 Å². The minimum atomic E-state index is -1.22. The highest BCUT2D eigenvalue weighted by Crippen LogP contribution is 2.08. The van der Waals surface area contributed by atoms with Gasteiger partial charge in [0, 0.05) is 18.6 Å². The Kier molecular flexibility index (Phi) is 3.06. The van der Waals surface area contributed by atoms with Crippen LogP contribution < -0.4 is 5.43 Å². The third kappa shape index (κ3) is 2.73. The fourth-order valence-electron chi connectivity index (χ4n) is 1.14. The van der Waals surface area contributed by atoms with Gasteiger partial charge in [-0.25, -0.2) is 4.79 Å². The van der Waals surface area contributed by atoms with Crippen LogP contribution in [0.3, 0.4) is 0 Å². The van der Waals surface area contributed by atoms with Gasteiger partial charge in [0.05, 0.1) is 0 Å².